The minimum atomic E-state index is -4.31. The van der Waals surface area contributed by atoms with Gasteiger partial charge in [-0.15, -0.1) is 0 Å². The first-order chi connectivity index (χ1) is 2.00. The Morgan fingerprint density at radius 1 is 0.636 bits per heavy atom. The minimum absolute atomic E-state index is 0. The van der Waals surface area contributed by atoms with Gasteiger partial charge in [0.1, 0.15) is 0 Å². The maximum absolute atomic E-state index is 9.24. The van der Waals surface area contributed by atoms with Crippen LogP contribution in [0, 0.1) is 0 Å². The van der Waals surface area contributed by atoms with Gasteiger partial charge in [0.25, 0.3) is 0 Å². The molecule has 0 bridgehead atoms. The summed E-state index contributed by atoms with van der Waals surface area (Å²) < 4.78 is 18.5. The first-order valence-electron chi connectivity index (χ1n) is 0.642. The molecule has 0 aromatic heterocycles. The van der Waals surface area contributed by atoms with Gasteiger partial charge in [0.15, 0.2) is 0 Å². The van der Waals surface area contributed by atoms with Crippen LogP contribution in [0.1, 0.15) is 0 Å². The standard InChI is InChI=1S/2ClH.Cr.6H2O.2O/h2*1H;;6*1H2;;/q;;+2;;;;;;;;/p-2. The summed E-state index contributed by atoms with van der Waals surface area (Å²) in [5.41, 5.74) is 0. The Labute approximate surface area is 72.1 Å². The number of hydrogen-bond donors (Lipinski definition) is 0. The molecule has 0 spiro atoms. The Morgan fingerprint density at radius 2 is 0.636 bits per heavy atom. The molecule has 0 radical (unpaired) electrons. The van der Waals surface area contributed by atoms with E-state index in [1.165, 1.54) is 0 Å². The van der Waals surface area contributed by atoms with Crippen molar-refractivity contribution in [3.8, 4) is 0 Å². The van der Waals surface area contributed by atoms with E-state index in [1.807, 2.05) is 0 Å². The predicted molar refractivity (Wildman–Crippen MR) is 34.8 cm³/mol. The summed E-state index contributed by atoms with van der Waals surface area (Å²) in [7, 11) is 8.68. The zero-order valence-corrected chi connectivity index (χ0v) is 7.77. The van der Waals surface area contributed by atoms with E-state index < -0.39 is 11.1 Å². The maximum atomic E-state index is 9.24. The molecule has 8 nitrogen and oxygen atoms in total. The predicted octanol–water partition coefficient (Wildman–Crippen LogP) is -3.81. The molecular weight excluding hydrogens is 251 g/mol. The van der Waals surface area contributed by atoms with Crippen LogP contribution in [0.3, 0.4) is 0 Å². The van der Waals surface area contributed by atoms with Gasteiger partial charge in [-0.1, -0.05) is 0 Å². The SMILES string of the molecule is O.O.O.O.O.O.[O]=[Cr](=[O])([Cl])[Cl]. The van der Waals surface area contributed by atoms with E-state index in [9.17, 15) is 7.61 Å². The van der Waals surface area contributed by atoms with Crippen LogP contribution in [0.5, 0.6) is 0 Å². The van der Waals surface area contributed by atoms with Crippen LogP contribution in [0.15, 0.2) is 0 Å². The van der Waals surface area contributed by atoms with Crippen molar-refractivity contribution in [2.24, 2.45) is 0 Å². The molecule has 0 saturated heterocycles. The van der Waals surface area contributed by atoms with Crippen LogP contribution in [0.4, 0.5) is 0 Å². The normalized spacial score (nSPS) is 5.27. The second kappa shape index (κ2) is 22.4. The third-order valence-corrected chi connectivity index (χ3v) is 0. The zero-order chi connectivity index (χ0) is 4.50. The van der Waals surface area contributed by atoms with Crippen molar-refractivity contribution in [1.29, 1.82) is 0 Å². The van der Waals surface area contributed by atoms with E-state index in [1.54, 1.807) is 0 Å². The molecule has 0 aromatic carbocycles. The molecule has 0 rings (SSSR count). The summed E-state index contributed by atoms with van der Waals surface area (Å²) in [5.74, 6) is 0. The van der Waals surface area contributed by atoms with Crippen LogP contribution in [-0.2, 0) is 18.7 Å². The zero-order valence-electron chi connectivity index (χ0n) is 4.98. The fourth-order valence-corrected chi connectivity index (χ4v) is 0. The van der Waals surface area contributed by atoms with Crippen molar-refractivity contribution in [2.75, 3.05) is 0 Å². The van der Waals surface area contributed by atoms with Gasteiger partial charge in [-0.05, 0) is 0 Å². The summed E-state index contributed by atoms with van der Waals surface area (Å²) in [6.07, 6.45) is 0. The van der Waals surface area contributed by atoms with E-state index in [0.717, 1.165) is 0 Å². The molecule has 11 heavy (non-hydrogen) atoms. The van der Waals surface area contributed by atoms with Gasteiger partial charge in [-0.2, -0.15) is 0 Å². The molecule has 0 aliphatic carbocycles. The molecular formula is H12Cl2CrO8. The van der Waals surface area contributed by atoms with Crippen molar-refractivity contribution in [2.45, 2.75) is 0 Å². The molecule has 0 aromatic rings. The van der Waals surface area contributed by atoms with Crippen molar-refractivity contribution in [1.82, 2.24) is 0 Å². The molecule has 0 heterocycles. The van der Waals surface area contributed by atoms with Crippen LogP contribution in [-0.4, -0.2) is 32.9 Å². The number of rotatable bonds is 0. The summed E-state index contributed by atoms with van der Waals surface area (Å²) in [4.78, 5) is 0. The Balaban J connectivity index is -0.00000000533. The van der Waals surface area contributed by atoms with Crippen molar-refractivity contribution >= 4 is 20.1 Å². The molecule has 12 N–H and O–H groups in total. The summed E-state index contributed by atoms with van der Waals surface area (Å²) in [6, 6.07) is 0. The van der Waals surface area contributed by atoms with Crippen LogP contribution >= 0.6 is 20.1 Å². The van der Waals surface area contributed by atoms with E-state index in [0.29, 0.717) is 0 Å². The van der Waals surface area contributed by atoms with Gasteiger partial charge in [0.2, 0.25) is 0 Å². The van der Waals surface area contributed by atoms with Gasteiger partial charge < -0.3 is 32.9 Å². The Bertz CT molecular complexity index is 95.3. The number of halogens is 2. The van der Waals surface area contributed by atoms with E-state index in [2.05, 4.69) is 20.1 Å². The van der Waals surface area contributed by atoms with Crippen molar-refractivity contribution < 1.29 is 51.6 Å². The Hall–Kier alpha value is 0.472. The first kappa shape index (κ1) is 62.9. The first-order valence-corrected chi connectivity index (χ1v) is 5.19. The van der Waals surface area contributed by atoms with Gasteiger partial charge in [-0.3, -0.25) is 0 Å². The average molecular weight is 263 g/mol. The van der Waals surface area contributed by atoms with Gasteiger partial charge in [-0.25, -0.2) is 0 Å². The molecule has 0 fully saturated rings. The van der Waals surface area contributed by atoms with Gasteiger partial charge in [0, 0.05) is 0 Å². The quantitative estimate of drug-likeness (QED) is 0.428. The second-order valence-electron chi connectivity index (χ2n) is 0.378. The number of hydrogen-bond acceptors (Lipinski definition) is 2. The van der Waals surface area contributed by atoms with E-state index in [-0.39, 0.29) is 32.9 Å². The van der Waals surface area contributed by atoms with E-state index >= 15 is 0 Å². The van der Waals surface area contributed by atoms with Gasteiger partial charge >= 0.3 is 38.8 Å². The molecule has 0 atom stereocenters. The molecule has 0 aliphatic rings. The van der Waals surface area contributed by atoms with Crippen molar-refractivity contribution in [3.63, 3.8) is 0 Å². The molecule has 80 valence electrons. The van der Waals surface area contributed by atoms with Crippen LogP contribution in [0.2, 0.25) is 0 Å². The summed E-state index contributed by atoms with van der Waals surface area (Å²) >= 11 is -4.31. The third kappa shape index (κ3) is 3370. The monoisotopic (exact) mass is 262 g/mol. The molecule has 0 saturated carbocycles. The topological polar surface area (TPSA) is 223 Å². The second-order valence-corrected chi connectivity index (χ2v) is 5.56. The van der Waals surface area contributed by atoms with E-state index in [4.69, 9.17) is 0 Å². The van der Waals surface area contributed by atoms with Gasteiger partial charge in [0.05, 0.1) is 0 Å². The third-order valence-electron chi connectivity index (χ3n) is 0. The molecule has 0 amide bonds. The Morgan fingerprint density at radius 3 is 0.636 bits per heavy atom. The van der Waals surface area contributed by atoms with Crippen LogP contribution < -0.4 is 0 Å². The summed E-state index contributed by atoms with van der Waals surface area (Å²) in [5, 5.41) is 0. The molecule has 11 heteroatoms. The van der Waals surface area contributed by atoms with Crippen LogP contribution in [0.25, 0.3) is 0 Å². The fraction of sp³-hybridized carbons (Fsp3) is 0. The average Bonchev–Trinajstić information content (AvgIpc) is 0.722. The summed E-state index contributed by atoms with van der Waals surface area (Å²) in [6.45, 7) is 0. The molecule has 0 aliphatic heterocycles. The fourth-order valence-electron chi connectivity index (χ4n) is 0. The van der Waals surface area contributed by atoms with Crippen molar-refractivity contribution in [3.05, 3.63) is 0 Å². The Kier molecular flexibility index (Phi) is 128. The molecule has 0 unspecified atom stereocenters.